The molecule has 3 aromatic rings. The van der Waals surface area contributed by atoms with E-state index in [2.05, 4.69) is 16.0 Å². The minimum atomic E-state index is -1.86. The number of benzene rings is 3. The van der Waals surface area contributed by atoms with Gasteiger partial charge in [-0.05, 0) is 41.4 Å². The molecule has 33 heavy (non-hydrogen) atoms. The van der Waals surface area contributed by atoms with Crippen LogP contribution in [0.1, 0.15) is 5.56 Å². The highest BCUT2D eigenvalue weighted by Crippen LogP contribution is 2.30. The van der Waals surface area contributed by atoms with Crippen LogP contribution in [0.2, 0.25) is 0 Å². The predicted molar refractivity (Wildman–Crippen MR) is 139 cm³/mol. The van der Waals surface area contributed by atoms with E-state index < -0.39 is 9.96 Å². The molecule has 0 aromatic heterocycles. The molecule has 1 amide bonds. The average molecular weight is 527 g/mol. The second-order valence-corrected chi connectivity index (χ2v) is 9.81. The number of fused-ring (bicyclic) bond motifs is 1. The van der Waals surface area contributed by atoms with Gasteiger partial charge in [0.15, 0.2) is 16.6 Å². The van der Waals surface area contributed by atoms with E-state index in [1.807, 2.05) is 42.5 Å². The molecule has 6 nitrogen and oxygen atoms in total. The zero-order valence-electron chi connectivity index (χ0n) is 17.8. The normalized spacial score (nSPS) is 12.0. The molecule has 0 heterocycles. The van der Waals surface area contributed by atoms with Crippen molar-refractivity contribution in [3.8, 4) is 11.5 Å². The van der Waals surface area contributed by atoms with Gasteiger partial charge >= 0.3 is 0 Å². The van der Waals surface area contributed by atoms with Crippen LogP contribution in [-0.2, 0) is 11.2 Å². The molecule has 1 unspecified atom stereocenters. The Kier molecular flexibility index (Phi) is 8.48. The Balaban J connectivity index is 1.68. The molecule has 0 fully saturated rings. The highest BCUT2D eigenvalue weighted by Gasteiger charge is 2.34. The summed E-state index contributed by atoms with van der Waals surface area (Å²) in [5, 5.41) is 10.9. The monoisotopic (exact) mass is 525 g/mol. The van der Waals surface area contributed by atoms with Crippen LogP contribution >= 0.6 is 47.0 Å². The van der Waals surface area contributed by atoms with Gasteiger partial charge in [0.05, 0.1) is 20.6 Å². The lowest BCUT2D eigenvalue weighted by molar-refractivity contribution is -0.121. The quantitative estimate of drug-likeness (QED) is 0.223. The third-order valence-electron chi connectivity index (χ3n) is 4.76. The summed E-state index contributed by atoms with van der Waals surface area (Å²) in [7, 11) is 3.06. The van der Waals surface area contributed by atoms with Crippen LogP contribution in [0.5, 0.6) is 11.5 Å². The first-order valence-corrected chi connectivity index (χ1v) is 11.4. The number of carbonyl (C=O) groups excluding carboxylic acids is 1. The zero-order chi connectivity index (χ0) is 24.0. The fraction of sp³-hybridized carbons (Fsp3) is 0.217. The maximum atomic E-state index is 12.7. The molecule has 3 N–H and O–H groups in total. The number of nitrogens with one attached hydrogen (secondary N) is 3. The SMILES string of the molecule is COc1ccc(CC(=O)NC(NC(=S)Nc2cccc3ccccc23)C(Cl)(Cl)Cl)cc1OC. The maximum absolute atomic E-state index is 12.7. The minimum absolute atomic E-state index is 0.0305. The number of amides is 1. The fourth-order valence-corrected chi connectivity index (χ4v) is 3.77. The topological polar surface area (TPSA) is 71.6 Å². The van der Waals surface area contributed by atoms with E-state index in [0.29, 0.717) is 17.1 Å². The first-order chi connectivity index (χ1) is 15.7. The molecular weight excluding hydrogens is 505 g/mol. The second-order valence-electron chi connectivity index (χ2n) is 7.03. The van der Waals surface area contributed by atoms with Crippen molar-refractivity contribution in [2.45, 2.75) is 16.4 Å². The molecular formula is C23H22Cl3N3O3S. The van der Waals surface area contributed by atoms with Crippen molar-refractivity contribution in [2.75, 3.05) is 19.5 Å². The minimum Gasteiger partial charge on any atom is -0.493 e. The molecule has 0 aliphatic carbocycles. The first kappa shape index (κ1) is 25.2. The average Bonchev–Trinajstić information content (AvgIpc) is 2.78. The molecule has 0 spiro atoms. The van der Waals surface area contributed by atoms with Crippen molar-refractivity contribution >= 4 is 74.5 Å². The Hall–Kier alpha value is -2.45. The summed E-state index contributed by atoms with van der Waals surface area (Å²) >= 11 is 23.7. The molecule has 3 aromatic carbocycles. The van der Waals surface area contributed by atoms with Gasteiger partial charge in [0.1, 0.15) is 6.17 Å². The Morgan fingerprint density at radius 3 is 2.36 bits per heavy atom. The van der Waals surface area contributed by atoms with Gasteiger partial charge in [-0.25, -0.2) is 0 Å². The van der Waals surface area contributed by atoms with Gasteiger partial charge in [-0.2, -0.15) is 0 Å². The third kappa shape index (κ3) is 6.77. The number of alkyl halides is 3. The van der Waals surface area contributed by atoms with Crippen molar-refractivity contribution in [1.29, 1.82) is 0 Å². The Morgan fingerprint density at radius 2 is 1.67 bits per heavy atom. The molecule has 10 heteroatoms. The summed E-state index contributed by atoms with van der Waals surface area (Å²) in [5.41, 5.74) is 1.48. The molecule has 174 valence electrons. The molecule has 0 aliphatic heterocycles. The maximum Gasteiger partial charge on any atom is 0.228 e. The van der Waals surface area contributed by atoms with Gasteiger partial charge in [-0.1, -0.05) is 77.3 Å². The van der Waals surface area contributed by atoms with Gasteiger partial charge in [0.25, 0.3) is 0 Å². The van der Waals surface area contributed by atoms with Crippen molar-refractivity contribution < 1.29 is 14.3 Å². The van der Waals surface area contributed by atoms with Crippen LogP contribution in [0.4, 0.5) is 5.69 Å². The number of thiocarbonyl (C=S) groups is 1. The van der Waals surface area contributed by atoms with E-state index in [1.54, 1.807) is 18.2 Å². The van der Waals surface area contributed by atoms with E-state index in [1.165, 1.54) is 14.2 Å². The van der Waals surface area contributed by atoms with Gasteiger partial charge in [-0.3, -0.25) is 4.79 Å². The number of ether oxygens (including phenoxy) is 2. The lowest BCUT2D eigenvalue weighted by Gasteiger charge is -2.28. The summed E-state index contributed by atoms with van der Waals surface area (Å²) in [5.74, 6) is 0.700. The van der Waals surface area contributed by atoms with Crippen molar-refractivity contribution in [3.05, 3.63) is 66.2 Å². The van der Waals surface area contributed by atoms with E-state index in [0.717, 1.165) is 16.5 Å². The smallest absolute Gasteiger partial charge is 0.228 e. The van der Waals surface area contributed by atoms with Crippen molar-refractivity contribution in [2.24, 2.45) is 0 Å². The molecule has 3 rings (SSSR count). The highest BCUT2D eigenvalue weighted by molar-refractivity contribution is 7.80. The van der Waals surface area contributed by atoms with Crippen LogP contribution < -0.4 is 25.4 Å². The molecule has 0 saturated carbocycles. The summed E-state index contributed by atoms with van der Waals surface area (Å²) in [6.45, 7) is 0. The summed E-state index contributed by atoms with van der Waals surface area (Å²) in [6.07, 6.45) is -1.05. The lowest BCUT2D eigenvalue weighted by atomic mass is 10.1. The lowest BCUT2D eigenvalue weighted by Crippen LogP contribution is -2.56. The molecule has 0 radical (unpaired) electrons. The molecule has 0 bridgehead atoms. The number of methoxy groups -OCH3 is 2. The van der Waals surface area contributed by atoms with Crippen LogP contribution in [0, 0.1) is 0 Å². The Labute approximate surface area is 212 Å². The molecule has 0 saturated heterocycles. The van der Waals surface area contributed by atoms with E-state index in [-0.39, 0.29) is 17.4 Å². The number of hydrogen-bond acceptors (Lipinski definition) is 4. The summed E-state index contributed by atoms with van der Waals surface area (Å²) in [6, 6.07) is 18.8. The van der Waals surface area contributed by atoms with E-state index in [9.17, 15) is 4.79 Å². The third-order valence-corrected chi connectivity index (χ3v) is 5.63. The first-order valence-electron chi connectivity index (χ1n) is 9.83. The van der Waals surface area contributed by atoms with E-state index >= 15 is 0 Å². The van der Waals surface area contributed by atoms with Crippen LogP contribution in [0.3, 0.4) is 0 Å². The van der Waals surface area contributed by atoms with E-state index in [4.69, 9.17) is 56.5 Å². The summed E-state index contributed by atoms with van der Waals surface area (Å²) < 4.78 is 8.63. The van der Waals surface area contributed by atoms with Crippen molar-refractivity contribution in [1.82, 2.24) is 10.6 Å². The van der Waals surface area contributed by atoms with Crippen LogP contribution in [0.15, 0.2) is 60.7 Å². The fourth-order valence-electron chi connectivity index (χ4n) is 3.21. The Morgan fingerprint density at radius 1 is 0.970 bits per heavy atom. The van der Waals surface area contributed by atoms with Crippen molar-refractivity contribution in [3.63, 3.8) is 0 Å². The highest BCUT2D eigenvalue weighted by atomic mass is 35.6. The Bertz CT molecular complexity index is 1150. The standard InChI is InChI=1S/C23H22Cl3N3O3S/c1-31-18-11-10-14(12-19(18)32-2)13-20(30)28-21(23(24,25)26)29-22(33)27-17-9-5-7-15-6-3-4-8-16(15)17/h3-12,21H,13H2,1-2H3,(H,28,30)(H2,27,29,33). The van der Waals surface area contributed by atoms with Gasteiger partial charge in [0.2, 0.25) is 9.70 Å². The number of halogens is 3. The number of rotatable bonds is 7. The zero-order valence-corrected chi connectivity index (χ0v) is 20.9. The van der Waals surface area contributed by atoms with Gasteiger partial charge < -0.3 is 25.4 Å². The van der Waals surface area contributed by atoms with Gasteiger partial charge in [0, 0.05) is 11.1 Å². The largest absolute Gasteiger partial charge is 0.493 e. The number of hydrogen-bond donors (Lipinski definition) is 3. The van der Waals surface area contributed by atoms with Gasteiger partial charge in [-0.15, -0.1) is 0 Å². The number of carbonyl (C=O) groups is 1. The second kappa shape index (κ2) is 11.1. The summed E-state index contributed by atoms with van der Waals surface area (Å²) in [4.78, 5) is 12.7. The number of anilines is 1. The van der Waals surface area contributed by atoms with Crippen LogP contribution in [0.25, 0.3) is 10.8 Å². The molecule has 1 atom stereocenters. The predicted octanol–water partition coefficient (Wildman–Crippen LogP) is 5.20. The van der Waals surface area contributed by atoms with Crippen LogP contribution in [-0.4, -0.2) is 35.2 Å². The molecule has 0 aliphatic rings.